The van der Waals surface area contributed by atoms with E-state index in [1.807, 2.05) is 18.7 Å². The van der Waals surface area contributed by atoms with Crippen LogP contribution in [0.3, 0.4) is 0 Å². The molecule has 0 aromatic carbocycles. The van der Waals surface area contributed by atoms with Crippen LogP contribution in [0.4, 0.5) is 13.6 Å². The summed E-state index contributed by atoms with van der Waals surface area (Å²) in [5, 5.41) is 0. The van der Waals surface area contributed by atoms with Gasteiger partial charge in [-0.05, 0) is 13.8 Å². The first kappa shape index (κ1) is 12.5. The highest BCUT2D eigenvalue weighted by atomic mass is 19.3. The second kappa shape index (κ2) is 4.40. The Morgan fingerprint density at radius 3 is 2.65 bits per heavy atom. The number of alkyl halides is 2. The van der Waals surface area contributed by atoms with Crippen LogP contribution in [0, 0.1) is 0 Å². The molecule has 2 fully saturated rings. The Hall–Kier alpha value is -0.910. The minimum Gasteiger partial charge on any atom is -0.448 e. The summed E-state index contributed by atoms with van der Waals surface area (Å²) in [6.45, 7) is 5.04. The van der Waals surface area contributed by atoms with Gasteiger partial charge in [0.25, 0.3) is 5.92 Å². The molecule has 1 amide bonds. The summed E-state index contributed by atoms with van der Waals surface area (Å²) in [5.41, 5.74) is 0. The Bertz CT molecular complexity index is 310. The molecule has 2 aliphatic rings. The van der Waals surface area contributed by atoms with Crippen LogP contribution >= 0.6 is 0 Å². The predicted octanol–water partition coefficient (Wildman–Crippen LogP) is 1.56. The van der Waals surface area contributed by atoms with Crippen LogP contribution in [-0.4, -0.2) is 60.1 Å². The lowest BCUT2D eigenvalue weighted by atomic mass is 9.98. The first-order valence-electron chi connectivity index (χ1n) is 5.97. The minimum atomic E-state index is -2.81. The first-order chi connectivity index (χ1) is 7.92. The number of likely N-dealkylation sites (tertiary alicyclic amines) is 1. The monoisotopic (exact) mass is 248 g/mol. The largest absolute Gasteiger partial charge is 0.448 e. The van der Waals surface area contributed by atoms with Crippen LogP contribution in [0.25, 0.3) is 0 Å². The summed E-state index contributed by atoms with van der Waals surface area (Å²) in [5.74, 6) is -2.81. The summed E-state index contributed by atoms with van der Waals surface area (Å²) in [7, 11) is 0. The van der Waals surface area contributed by atoms with Gasteiger partial charge in [0, 0.05) is 25.6 Å². The normalized spacial score (nSPS) is 29.8. The predicted molar refractivity (Wildman–Crippen MR) is 58.1 cm³/mol. The van der Waals surface area contributed by atoms with Gasteiger partial charge in [0.05, 0.1) is 6.54 Å². The maximum atomic E-state index is 13.9. The number of halogens is 2. The van der Waals surface area contributed by atoms with Crippen LogP contribution in [0.5, 0.6) is 0 Å². The molecule has 0 N–H and O–H groups in total. The third kappa shape index (κ3) is 2.36. The fraction of sp³-hybridized carbons (Fsp3) is 0.909. The summed E-state index contributed by atoms with van der Waals surface area (Å²) in [4.78, 5) is 14.5. The third-order valence-corrected chi connectivity index (χ3v) is 3.53. The van der Waals surface area contributed by atoms with Gasteiger partial charge in [-0.1, -0.05) is 0 Å². The fourth-order valence-electron chi connectivity index (χ4n) is 2.39. The van der Waals surface area contributed by atoms with Gasteiger partial charge in [-0.15, -0.1) is 0 Å². The molecule has 0 spiro atoms. The van der Waals surface area contributed by atoms with Crippen molar-refractivity contribution < 1.29 is 18.3 Å². The number of nitrogens with zero attached hydrogens (tertiary/aromatic N) is 2. The van der Waals surface area contributed by atoms with E-state index in [-0.39, 0.29) is 32.2 Å². The van der Waals surface area contributed by atoms with E-state index in [0.717, 1.165) is 0 Å². The van der Waals surface area contributed by atoms with Gasteiger partial charge in [-0.2, -0.15) is 0 Å². The van der Waals surface area contributed by atoms with E-state index in [1.54, 1.807) is 0 Å². The minimum absolute atomic E-state index is 0.195. The molecule has 0 aliphatic carbocycles. The highest BCUT2D eigenvalue weighted by Gasteiger charge is 2.50. The lowest BCUT2D eigenvalue weighted by molar-refractivity contribution is -0.114. The van der Waals surface area contributed by atoms with Crippen LogP contribution in [0.15, 0.2) is 0 Å². The van der Waals surface area contributed by atoms with E-state index in [1.165, 1.54) is 4.90 Å². The van der Waals surface area contributed by atoms with Crippen molar-refractivity contribution in [2.75, 3.05) is 26.2 Å². The number of cyclic esters (lactones) is 1. The SMILES string of the molecule is CC(C)N1CCC(F)(F)[C@@H](N2CCOC2=O)C1. The molecule has 0 radical (unpaired) electrons. The van der Waals surface area contributed by atoms with Gasteiger partial charge in [0.1, 0.15) is 12.6 Å². The van der Waals surface area contributed by atoms with Crippen molar-refractivity contribution in [3.63, 3.8) is 0 Å². The van der Waals surface area contributed by atoms with E-state index >= 15 is 0 Å². The lowest BCUT2D eigenvalue weighted by Crippen LogP contribution is -2.60. The standard InChI is InChI=1S/C11H18F2N2O2/c1-8(2)14-4-3-11(12,13)9(7-14)15-5-6-17-10(15)16/h8-9H,3-7H2,1-2H3/t9-/m0/s1. The number of carbonyl (C=O) groups is 1. The van der Waals surface area contributed by atoms with Gasteiger partial charge >= 0.3 is 6.09 Å². The van der Waals surface area contributed by atoms with Crippen molar-refractivity contribution >= 4 is 6.09 Å². The van der Waals surface area contributed by atoms with E-state index in [4.69, 9.17) is 4.74 Å². The zero-order valence-electron chi connectivity index (χ0n) is 10.2. The number of hydrogen-bond acceptors (Lipinski definition) is 3. The molecule has 2 aliphatic heterocycles. The molecule has 0 unspecified atom stereocenters. The fourth-order valence-corrected chi connectivity index (χ4v) is 2.39. The Morgan fingerprint density at radius 1 is 1.41 bits per heavy atom. The molecule has 0 aromatic rings. The average Bonchev–Trinajstić information content (AvgIpc) is 2.63. The summed E-state index contributed by atoms with van der Waals surface area (Å²) >= 11 is 0. The lowest BCUT2D eigenvalue weighted by Gasteiger charge is -2.43. The number of carbonyl (C=O) groups excluding carboxylic acids is 1. The highest BCUT2D eigenvalue weighted by molar-refractivity contribution is 5.70. The Balaban J connectivity index is 2.13. The Labute approximate surface area is 99.5 Å². The molecule has 4 nitrogen and oxygen atoms in total. The number of piperidine rings is 1. The molecule has 1 atom stereocenters. The van der Waals surface area contributed by atoms with Crippen molar-refractivity contribution in [2.24, 2.45) is 0 Å². The highest BCUT2D eigenvalue weighted by Crippen LogP contribution is 2.33. The second-order valence-corrected chi connectivity index (χ2v) is 4.92. The van der Waals surface area contributed by atoms with E-state index in [2.05, 4.69) is 0 Å². The molecule has 2 rings (SSSR count). The van der Waals surface area contributed by atoms with Crippen LogP contribution in [-0.2, 0) is 4.74 Å². The Kier molecular flexibility index (Phi) is 3.25. The molecular formula is C11H18F2N2O2. The van der Waals surface area contributed by atoms with Gasteiger partial charge in [-0.3, -0.25) is 9.80 Å². The number of hydrogen-bond donors (Lipinski definition) is 0. The van der Waals surface area contributed by atoms with Crippen LogP contribution in [0.1, 0.15) is 20.3 Å². The van der Waals surface area contributed by atoms with Crippen molar-refractivity contribution in [3.8, 4) is 0 Å². The number of ether oxygens (including phenoxy) is 1. The van der Waals surface area contributed by atoms with Crippen molar-refractivity contribution in [1.29, 1.82) is 0 Å². The summed E-state index contributed by atoms with van der Waals surface area (Å²) in [6.07, 6.45) is -0.806. The first-order valence-corrected chi connectivity index (χ1v) is 5.97. The third-order valence-electron chi connectivity index (χ3n) is 3.53. The van der Waals surface area contributed by atoms with Crippen LogP contribution < -0.4 is 0 Å². The van der Waals surface area contributed by atoms with Gasteiger partial charge in [0.2, 0.25) is 0 Å². The van der Waals surface area contributed by atoms with Crippen molar-refractivity contribution in [2.45, 2.75) is 38.3 Å². The number of rotatable bonds is 2. The summed E-state index contributed by atoms with van der Waals surface area (Å²) in [6, 6.07) is -0.833. The van der Waals surface area contributed by atoms with Crippen LogP contribution in [0.2, 0.25) is 0 Å². The van der Waals surface area contributed by atoms with E-state index in [9.17, 15) is 13.6 Å². The average molecular weight is 248 g/mol. The smallest absolute Gasteiger partial charge is 0.410 e. The zero-order valence-corrected chi connectivity index (χ0v) is 10.2. The molecule has 0 bridgehead atoms. The van der Waals surface area contributed by atoms with Gasteiger partial charge in [-0.25, -0.2) is 13.6 Å². The second-order valence-electron chi connectivity index (χ2n) is 4.92. The van der Waals surface area contributed by atoms with E-state index in [0.29, 0.717) is 6.54 Å². The Morgan fingerprint density at radius 2 is 2.12 bits per heavy atom. The topological polar surface area (TPSA) is 32.8 Å². The van der Waals surface area contributed by atoms with Gasteiger partial charge in [0.15, 0.2) is 0 Å². The molecule has 98 valence electrons. The van der Waals surface area contributed by atoms with Crippen molar-refractivity contribution in [3.05, 3.63) is 0 Å². The number of amides is 1. The zero-order chi connectivity index (χ0) is 12.6. The molecule has 2 saturated heterocycles. The molecule has 2 heterocycles. The molecule has 17 heavy (non-hydrogen) atoms. The van der Waals surface area contributed by atoms with Crippen molar-refractivity contribution in [1.82, 2.24) is 9.80 Å². The molecule has 0 saturated carbocycles. The van der Waals surface area contributed by atoms with E-state index < -0.39 is 18.1 Å². The molecule has 0 aromatic heterocycles. The molecule has 6 heteroatoms. The maximum Gasteiger partial charge on any atom is 0.410 e. The quantitative estimate of drug-likeness (QED) is 0.743. The van der Waals surface area contributed by atoms with Gasteiger partial charge < -0.3 is 4.74 Å². The summed E-state index contributed by atoms with van der Waals surface area (Å²) < 4.78 is 32.5. The molecular weight excluding hydrogens is 230 g/mol. The maximum absolute atomic E-state index is 13.9.